The Hall–Kier alpha value is -2.96. The lowest BCUT2D eigenvalue weighted by Gasteiger charge is -2.37. The SMILES string of the molecule is C[C@@H]1CC(c2ccccc2)S(=O)(=O)N(Cc2ccc(N3CCN(C(=O)CC#N)CC3)cc2F)C1. The lowest BCUT2D eigenvalue weighted by molar-refractivity contribution is -0.130. The molecule has 0 saturated carbocycles. The van der Waals surface area contributed by atoms with Gasteiger partial charge in [0, 0.05) is 50.5 Å². The van der Waals surface area contributed by atoms with Crippen molar-refractivity contribution in [3.8, 4) is 6.07 Å². The van der Waals surface area contributed by atoms with Crippen molar-refractivity contribution in [1.29, 1.82) is 5.26 Å². The van der Waals surface area contributed by atoms with E-state index in [1.807, 2.05) is 48.2 Å². The molecule has 2 atom stereocenters. The van der Waals surface area contributed by atoms with Gasteiger partial charge in [0.2, 0.25) is 15.9 Å². The first-order chi connectivity index (χ1) is 16.3. The normalized spacial score (nSPS) is 22.9. The second-order valence-electron chi connectivity index (χ2n) is 9.06. The number of nitriles is 1. The average Bonchev–Trinajstić information content (AvgIpc) is 2.83. The van der Waals surface area contributed by atoms with Gasteiger partial charge >= 0.3 is 0 Å². The van der Waals surface area contributed by atoms with Crippen LogP contribution in [-0.2, 0) is 21.4 Å². The van der Waals surface area contributed by atoms with Gasteiger partial charge in [0.05, 0.1) is 6.07 Å². The zero-order valence-corrected chi connectivity index (χ0v) is 20.0. The Balaban J connectivity index is 1.46. The summed E-state index contributed by atoms with van der Waals surface area (Å²) in [6, 6.07) is 16.0. The molecule has 0 radical (unpaired) electrons. The van der Waals surface area contributed by atoms with Crippen LogP contribution in [0.2, 0.25) is 0 Å². The second-order valence-corrected chi connectivity index (χ2v) is 11.2. The molecular weight excluding hydrogens is 455 g/mol. The number of benzene rings is 2. The maximum absolute atomic E-state index is 15.1. The highest BCUT2D eigenvalue weighted by Gasteiger charge is 2.39. The van der Waals surface area contributed by atoms with Crippen LogP contribution in [0.3, 0.4) is 0 Å². The summed E-state index contributed by atoms with van der Waals surface area (Å²) in [7, 11) is -3.62. The van der Waals surface area contributed by atoms with Gasteiger partial charge in [-0.2, -0.15) is 9.57 Å². The van der Waals surface area contributed by atoms with Crippen LogP contribution in [0.25, 0.3) is 0 Å². The summed E-state index contributed by atoms with van der Waals surface area (Å²) in [4.78, 5) is 15.5. The second kappa shape index (κ2) is 10.1. The van der Waals surface area contributed by atoms with E-state index in [0.29, 0.717) is 50.4 Å². The molecule has 9 heteroatoms. The minimum Gasteiger partial charge on any atom is -0.368 e. The molecule has 2 aromatic rings. The van der Waals surface area contributed by atoms with Crippen molar-refractivity contribution >= 4 is 21.6 Å². The average molecular weight is 485 g/mol. The smallest absolute Gasteiger partial charge is 0.236 e. The molecule has 0 spiro atoms. The van der Waals surface area contributed by atoms with Crippen molar-refractivity contribution in [2.75, 3.05) is 37.6 Å². The topological polar surface area (TPSA) is 84.7 Å². The van der Waals surface area contributed by atoms with Gasteiger partial charge in [0.15, 0.2) is 0 Å². The minimum absolute atomic E-state index is 0.00143. The standard InChI is InChI=1S/C25H29FN4O3S/c1-19-15-24(20-5-3-2-4-6-20)34(32,33)30(17-19)18-21-7-8-22(16-23(21)26)28-11-13-29(14-12-28)25(31)9-10-27/h2-8,16,19,24H,9,11-15,17-18H2,1H3/t19-,24?/m1/s1. The molecule has 0 aliphatic carbocycles. The Morgan fingerprint density at radius 2 is 1.82 bits per heavy atom. The number of carbonyl (C=O) groups excluding carboxylic acids is 1. The van der Waals surface area contributed by atoms with Crippen LogP contribution < -0.4 is 4.90 Å². The third-order valence-electron chi connectivity index (χ3n) is 6.63. The van der Waals surface area contributed by atoms with Crippen LogP contribution in [0.15, 0.2) is 48.5 Å². The summed E-state index contributed by atoms with van der Waals surface area (Å²) >= 11 is 0. The highest BCUT2D eigenvalue weighted by molar-refractivity contribution is 7.89. The van der Waals surface area contributed by atoms with Gasteiger partial charge in [-0.1, -0.05) is 43.3 Å². The van der Waals surface area contributed by atoms with Crippen LogP contribution in [-0.4, -0.2) is 56.3 Å². The highest BCUT2D eigenvalue weighted by Crippen LogP contribution is 2.38. The van der Waals surface area contributed by atoms with Gasteiger partial charge in [0.1, 0.15) is 17.5 Å². The molecule has 34 heavy (non-hydrogen) atoms. The van der Waals surface area contributed by atoms with Crippen LogP contribution in [0, 0.1) is 23.1 Å². The summed E-state index contributed by atoms with van der Waals surface area (Å²) in [6.07, 6.45) is 0.416. The van der Waals surface area contributed by atoms with E-state index in [9.17, 15) is 13.2 Å². The number of piperazine rings is 1. The predicted octanol–water partition coefficient (Wildman–Crippen LogP) is 3.30. The molecule has 7 nitrogen and oxygen atoms in total. The van der Waals surface area contributed by atoms with E-state index in [0.717, 1.165) is 5.56 Å². The number of hydrogen-bond acceptors (Lipinski definition) is 5. The molecule has 4 rings (SSSR count). The van der Waals surface area contributed by atoms with E-state index >= 15 is 4.39 Å². The van der Waals surface area contributed by atoms with Crippen molar-refractivity contribution in [3.05, 3.63) is 65.5 Å². The molecule has 2 heterocycles. The van der Waals surface area contributed by atoms with Gasteiger partial charge in [-0.05, 0) is 30.0 Å². The maximum atomic E-state index is 15.1. The molecule has 1 amide bonds. The fourth-order valence-electron chi connectivity index (χ4n) is 4.77. The molecule has 2 fully saturated rings. The summed E-state index contributed by atoms with van der Waals surface area (Å²) in [5.74, 6) is -0.462. The molecule has 2 aliphatic rings. The molecule has 2 saturated heterocycles. The van der Waals surface area contributed by atoms with Crippen LogP contribution >= 0.6 is 0 Å². The number of hydrogen-bond donors (Lipinski definition) is 0. The van der Waals surface area contributed by atoms with Crippen molar-refractivity contribution < 1.29 is 17.6 Å². The van der Waals surface area contributed by atoms with Gasteiger partial charge in [0.25, 0.3) is 0 Å². The molecule has 1 unspecified atom stereocenters. The number of anilines is 1. The summed E-state index contributed by atoms with van der Waals surface area (Å²) in [6.45, 7) is 4.45. The Kier molecular flexibility index (Phi) is 7.19. The zero-order chi connectivity index (χ0) is 24.3. The van der Waals surface area contributed by atoms with Gasteiger partial charge < -0.3 is 9.80 Å². The first kappa shape index (κ1) is 24.2. The summed E-state index contributed by atoms with van der Waals surface area (Å²) < 4.78 is 43.2. The number of amides is 1. The van der Waals surface area contributed by atoms with E-state index < -0.39 is 21.1 Å². The third kappa shape index (κ3) is 5.08. The predicted molar refractivity (Wildman–Crippen MR) is 128 cm³/mol. The Morgan fingerprint density at radius 1 is 1.12 bits per heavy atom. The molecule has 0 aromatic heterocycles. The van der Waals surface area contributed by atoms with Crippen LogP contribution in [0.1, 0.15) is 36.1 Å². The third-order valence-corrected chi connectivity index (χ3v) is 8.82. The fraction of sp³-hybridized carbons (Fsp3) is 0.440. The van der Waals surface area contributed by atoms with Crippen molar-refractivity contribution in [1.82, 2.24) is 9.21 Å². The quantitative estimate of drug-likeness (QED) is 0.650. The largest absolute Gasteiger partial charge is 0.368 e. The number of rotatable bonds is 5. The molecular formula is C25H29FN4O3S. The highest BCUT2D eigenvalue weighted by atomic mass is 32.2. The van der Waals surface area contributed by atoms with E-state index in [1.54, 1.807) is 17.0 Å². The van der Waals surface area contributed by atoms with E-state index in [1.165, 1.54) is 10.4 Å². The molecule has 2 aliphatic heterocycles. The lowest BCUT2D eigenvalue weighted by atomic mass is 10.00. The monoisotopic (exact) mass is 484 g/mol. The Bertz CT molecular complexity index is 1170. The molecule has 180 valence electrons. The van der Waals surface area contributed by atoms with Crippen LogP contribution in [0.5, 0.6) is 0 Å². The first-order valence-electron chi connectivity index (χ1n) is 11.5. The van der Waals surface area contributed by atoms with E-state index in [4.69, 9.17) is 5.26 Å². The number of halogens is 1. The van der Waals surface area contributed by atoms with Crippen molar-refractivity contribution in [2.45, 2.75) is 31.6 Å². The van der Waals surface area contributed by atoms with Crippen molar-refractivity contribution in [2.24, 2.45) is 5.92 Å². The summed E-state index contributed by atoms with van der Waals surface area (Å²) in [5.41, 5.74) is 1.81. The maximum Gasteiger partial charge on any atom is 0.236 e. The molecule has 0 bridgehead atoms. The van der Waals surface area contributed by atoms with Gasteiger partial charge in [-0.3, -0.25) is 4.79 Å². The molecule has 0 N–H and O–H groups in total. The fourth-order valence-corrected chi connectivity index (χ4v) is 6.98. The van der Waals surface area contributed by atoms with E-state index in [-0.39, 0.29) is 24.8 Å². The lowest BCUT2D eigenvalue weighted by Crippen LogP contribution is -2.48. The number of carbonyl (C=O) groups is 1. The number of sulfonamides is 1. The molecule has 2 aromatic carbocycles. The number of nitrogens with zero attached hydrogens (tertiary/aromatic N) is 4. The summed E-state index contributed by atoms with van der Waals surface area (Å²) in [5, 5.41) is 8.07. The zero-order valence-electron chi connectivity index (χ0n) is 19.2. The first-order valence-corrected chi connectivity index (χ1v) is 13.0. The minimum atomic E-state index is -3.62. The Morgan fingerprint density at radius 3 is 2.47 bits per heavy atom. The Labute approximate surface area is 200 Å². The van der Waals surface area contributed by atoms with Gasteiger partial charge in [-0.25, -0.2) is 12.8 Å². The van der Waals surface area contributed by atoms with Crippen LogP contribution in [0.4, 0.5) is 10.1 Å². The van der Waals surface area contributed by atoms with Gasteiger partial charge in [-0.15, -0.1) is 0 Å². The van der Waals surface area contributed by atoms with Crippen molar-refractivity contribution in [3.63, 3.8) is 0 Å². The van der Waals surface area contributed by atoms with E-state index in [2.05, 4.69) is 0 Å².